The van der Waals surface area contributed by atoms with E-state index in [0.29, 0.717) is 5.92 Å². The van der Waals surface area contributed by atoms with Gasteiger partial charge in [-0.05, 0) is 46.0 Å². The fraction of sp³-hybridized carbons (Fsp3) is 0.688. The molecule has 0 unspecified atom stereocenters. The molecule has 126 valence electrons. The molecule has 3 fully saturated rings. The van der Waals surface area contributed by atoms with Crippen molar-refractivity contribution in [2.75, 3.05) is 0 Å². The number of rotatable bonds is 4. The molecule has 0 atom stereocenters. The largest absolute Gasteiger partial charge is 0.470 e. The lowest BCUT2D eigenvalue weighted by Gasteiger charge is -2.60. The molecular weight excluding hydrogens is 306 g/mol. The van der Waals surface area contributed by atoms with E-state index >= 15 is 0 Å². The third-order valence-electron chi connectivity index (χ3n) is 4.06. The minimum Gasteiger partial charge on any atom is -0.470 e. The van der Waals surface area contributed by atoms with Crippen molar-refractivity contribution < 1.29 is 23.0 Å². The second-order valence-corrected chi connectivity index (χ2v) is 7.56. The number of carbonyl (C=O) groups is 1. The highest BCUT2D eigenvalue weighted by molar-refractivity contribution is 5.87. The Bertz CT molecular complexity index is 633. The number of carbonyl (C=O) groups excluding carboxylic acids is 1. The van der Waals surface area contributed by atoms with E-state index < -0.39 is 28.8 Å². The zero-order chi connectivity index (χ0) is 17.0. The summed E-state index contributed by atoms with van der Waals surface area (Å²) in [6, 6.07) is 0. The van der Waals surface area contributed by atoms with Crippen LogP contribution in [0.2, 0.25) is 0 Å². The molecule has 0 spiro atoms. The van der Waals surface area contributed by atoms with Gasteiger partial charge in [0.2, 0.25) is 5.88 Å². The molecule has 0 aliphatic heterocycles. The van der Waals surface area contributed by atoms with Gasteiger partial charge in [0.25, 0.3) is 5.92 Å². The van der Waals surface area contributed by atoms with Crippen molar-refractivity contribution in [3.8, 4) is 5.88 Å². The van der Waals surface area contributed by atoms with E-state index in [1.165, 1.54) is 0 Å². The molecule has 3 aliphatic carbocycles. The molecule has 7 heteroatoms. The first kappa shape index (κ1) is 16.1. The number of aromatic nitrogens is 2. The van der Waals surface area contributed by atoms with Crippen molar-refractivity contribution in [1.82, 2.24) is 9.97 Å². The maximum absolute atomic E-state index is 13.7. The van der Waals surface area contributed by atoms with Gasteiger partial charge in [0.1, 0.15) is 11.2 Å². The highest BCUT2D eigenvalue weighted by atomic mass is 19.3. The average Bonchev–Trinajstić information content (AvgIpc) is 2.28. The van der Waals surface area contributed by atoms with Crippen LogP contribution in [0.15, 0.2) is 6.20 Å². The molecule has 4 rings (SSSR count). The molecule has 1 heterocycles. The number of nitrogens with zero attached hydrogens (tertiary/aromatic N) is 2. The van der Waals surface area contributed by atoms with Crippen LogP contribution in [0.1, 0.15) is 63.1 Å². The predicted molar refractivity (Wildman–Crippen MR) is 77.5 cm³/mol. The molecule has 1 aromatic heterocycles. The number of esters is 1. The van der Waals surface area contributed by atoms with E-state index in [4.69, 9.17) is 9.47 Å². The molecule has 23 heavy (non-hydrogen) atoms. The first-order valence-electron chi connectivity index (χ1n) is 7.65. The monoisotopic (exact) mass is 326 g/mol. The fourth-order valence-corrected chi connectivity index (χ4v) is 2.90. The number of ether oxygens (including phenoxy) is 2. The molecule has 3 saturated carbocycles. The van der Waals surface area contributed by atoms with Gasteiger partial charge >= 0.3 is 5.97 Å². The number of halogens is 2. The summed E-state index contributed by atoms with van der Waals surface area (Å²) in [7, 11) is 0. The summed E-state index contributed by atoms with van der Waals surface area (Å²) in [5.41, 5.74) is -1.78. The third-order valence-corrected chi connectivity index (χ3v) is 4.06. The van der Waals surface area contributed by atoms with E-state index in [0.717, 1.165) is 32.4 Å². The van der Waals surface area contributed by atoms with Gasteiger partial charge in [-0.1, -0.05) is 0 Å². The van der Waals surface area contributed by atoms with Crippen LogP contribution in [0.4, 0.5) is 8.78 Å². The molecule has 0 aromatic carbocycles. The number of alkyl halides is 2. The molecule has 0 amide bonds. The quantitative estimate of drug-likeness (QED) is 0.793. The summed E-state index contributed by atoms with van der Waals surface area (Å²) in [6.45, 7) is 5.88. The highest BCUT2D eigenvalue weighted by Crippen LogP contribution is 2.59. The van der Waals surface area contributed by atoms with Gasteiger partial charge in [0, 0.05) is 6.92 Å². The maximum Gasteiger partial charge on any atom is 0.359 e. The van der Waals surface area contributed by atoms with Crippen LogP contribution in [0.25, 0.3) is 0 Å². The lowest BCUT2D eigenvalue weighted by molar-refractivity contribution is -0.173. The Labute approximate surface area is 133 Å². The number of hydrogen-bond donors (Lipinski definition) is 0. The summed E-state index contributed by atoms with van der Waals surface area (Å²) in [5.74, 6) is -3.54. The molecule has 2 bridgehead atoms. The van der Waals surface area contributed by atoms with E-state index in [-0.39, 0.29) is 11.6 Å². The third kappa shape index (κ3) is 3.14. The van der Waals surface area contributed by atoms with Gasteiger partial charge in [-0.2, -0.15) is 8.78 Å². The topological polar surface area (TPSA) is 61.3 Å². The first-order valence-corrected chi connectivity index (χ1v) is 7.65. The molecule has 3 aliphatic rings. The Morgan fingerprint density at radius 2 is 1.87 bits per heavy atom. The molecule has 0 saturated heterocycles. The van der Waals surface area contributed by atoms with Gasteiger partial charge < -0.3 is 9.47 Å². The van der Waals surface area contributed by atoms with E-state index in [1.54, 1.807) is 20.8 Å². The second-order valence-electron chi connectivity index (χ2n) is 7.56. The van der Waals surface area contributed by atoms with Gasteiger partial charge in [-0.25, -0.2) is 14.8 Å². The lowest BCUT2D eigenvalue weighted by Crippen LogP contribution is -2.62. The minimum absolute atomic E-state index is 0.130. The van der Waals surface area contributed by atoms with Crippen molar-refractivity contribution in [1.29, 1.82) is 0 Å². The second kappa shape index (κ2) is 4.85. The fourth-order valence-electron chi connectivity index (χ4n) is 2.90. The summed E-state index contributed by atoms with van der Waals surface area (Å²) in [5, 5.41) is 0. The molecule has 5 nitrogen and oxygen atoms in total. The van der Waals surface area contributed by atoms with Crippen molar-refractivity contribution >= 4 is 5.97 Å². The molecule has 0 radical (unpaired) electrons. The predicted octanol–water partition coefficient (Wildman–Crippen LogP) is 3.47. The van der Waals surface area contributed by atoms with Crippen molar-refractivity contribution in [3.05, 3.63) is 17.6 Å². The normalized spacial score (nSPS) is 26.1. The summed E-state index contributed by atoms with van der Waals surface area (Å²) < 4.78 is 38.4. The van der Waals surface area contributed by atoms with E-state index in [2.05, 4.69) is 9.97 Å². The Morgan fingerprint density at radius 3 is 2.30 bits per heavy atom. The molecular formula is C16H20F2N2O3. The van der Waals surface area contributed by atoms with E-state index in [1.807, 2.05) is 0 Å². The van der Waals surface area contributed by atoms with Crippen molar-refractivity contribution in [3.63, 3.8) is 0 Å². The van der Waals surface area contributed by atoms with Crippen LogP contribution in [0.5, 0.6) is 5.88 Å². The first-order chi connectivity index (χ1) is 10.5. The van der Waals surface area contributed by atoms with Crippen LogP contribution in [0.3, 0.4) is 0 Å². The minimum atomic E-state index is -3.20. The van der Waals surface area contributed by atoms with Crippen molar-refractivity contribution in [2.24, 2.45) is 5.92 Å². The van der Waals surface area contributed by atoms with Crippen LogP contribution in [0, 0.1) is 5.92 Å². The zero-order valence-electron chi connectivity index (χ0n) is 13.7. The van der Waals surface area contributed by atoms with Crippen molar-refractivity contribution in [2.45, 2.75) is 64.1 Å². The smallest absolute Gasteiger partial charge is 0.359 e. The van der Waals surface area contributed by atoms with Crippen LogP contribution >= 0.6 is 0 Å². The SMILES string of the molecule is CC(C)(C)OC(=O)c1cnc(C(C)(F)F)c(OC23CC(C2)C3)n1. The van der Waals surface area contributed by atoms with Gasteiger partial charge in [0.05, 0.1) is 6.20 Å². The lowest BCUT2D eigenvalue weighted by atomic mass is 9.52. The Hall–Kier alpha value is -1.79. The average molecular weight is 326 g/mol. The maximum atomic E-state index is 13.7. The summed E-state index contributed by atoms with van der Waals surface area (Å²) >= 11 is 0. The summed E-state index contributed by atoms with van der Waals surface area (Å²) in [4.78, 5) is 19.8. The van der Waals surface area contributed by atoms with Gasteiger partial charge in [-0.3, -0.25) is 0 Å². The molecule has 1 aromatic rings. The van der Waals surface area contributed by atoms with Gasteiger partial charge in [-0.15, -0.1) is 0 Å². The Kier molecular flexibility index (Phi) is 3.39. The van der Waals surface area contributed by atoms with Crippen LogP contribution < -0.4 is 4.74 Å². The summed E-state index contributed by atoms with van der Waals surface area (Å²) in [6.07, 6.45) is 3.55. The Morgan fingerprint density at radius 1 is 1.26 bits per heavy atom. The van der Waals surface area contributed by atoms with Gasteiger partial charge in [0.15, 0.2) is 11.4 Å². The van der Waals surface area contributed by atoms with Crippen LogP contribution in [-0.2, 0) is 10.7 Å². The highest BCUT2D eigenvalue weighted by Gasteiger charge is 2.59. The van der Waals surface area contributed by atoms with E-state index in [9.17, 15) is 13.6 Å². The molecule has 0 N–H and O–H groups in total. The standard InChI is InChI=1S/C16H20F2N2O3/c1-14(2,3)23-13(21)10-8-19-11(15(4,17)18)12(20-10)22-16-5-9(6-16)7-16/h8-9H,5-7H2,1-4H3. The zero-order valence-corrected chi connectivity index (χ0v) is 13.7. The van der Waals surface area contributed by atoms with Crippen LogP contribution in [-0.4, -0.2) is 27.1 Å². The Balaban J connectivity index is 1.89. The number of hydrogen-bond acceptors (Lipinski definition) is 5.